The zero-order chi connectivity index (χ0) is 34.1. The zero-order valence-electron chi connectivity index (χ0n) is 26.9. The van der Waals surface area contributed by atoms with Crippen molar-refractivity contribution in [3.63, 3.8) is 0 Å². The molecule has 7 rings (SSSR count). The first-order valence-corrected chi connectivity index (χ1v) is 17.1. The molecule has 4 aromatic carbocycles. The molecule has 0 aliphatic carbocycles. The predicted molar refractivity (Wildman–Crippen MR) is 193 cm³/mol. The average molecular weight is 717 g/mol. The van der Waals surface area contributed by atoms with Gasteiger partial charge in [-0.1, -0.05) is 66.6 Å². The number of rotatable bonds is 8. The van der Waals surface area contributed by atoms with Crippen molar-refractivity contribution >= 4 is 51.2 Å². The number of hydrogen-bond acceptors (Lipinski definition) is 6. The van der Waals surface area contributed by atoms with E-state index in [0.29, 0.717) is 33.8 Å². The molecule has 49 heavy (non-hydrogen) atoms. The number of carbonyl (C=O) groups excluding carboxylic acids is 3. The molecule has 4 amide bonds. The molecule has 2 atom stereocenters. The Hall–Kier alpha value is -5.33. The van der Waals surface area contributed by atoms with E-state index >= 15 is 0 Å². The summed E-state index contributed by atoms with van der Waals surface area (Å²) in [6.45, 7) is 4.05. The Morgan fingerprint density at radius 1 is 0.898 bits per heavy atom. The highest BCUT2D eigenvalue weighted by Gasteiger charge is 2.40. The van der Waals surface area contributed by atoms with E-state index in [1.165, 1.54) is 22.9 Å². The lowest BCUT2D eigenvalue weighted by Crippen LogP contribution is -2.54. The number of amides is 4. The summed E-state index contributed by atoms with van der Waals surface area (Å²) in [7, 11) is 0. The van der Waals surface area contributed by atoms with Gasteiger partial charge in [-0.05, 0) is 93.9 Å². The van der Waals surface area contributed by atoms with Crippen LogP contribution in [-0.2, 0) is 9.59 Å². The van der Waals surface area contributed by atoms with Crippen LogP contribution in [0.5, 0.6) is 11.5 Å². The predicted octanol–water partition coefficient (Wildman–Crippen LogP) is 7.40. The zero-order valence-corrected chi connectivity index (χ0v) is 28.5. The lowest BCUT2D eigenvalue weighted by molar-refractivity contribution is -0.122. The van der Waals surface area contributed by atoms with Gasteiger partial charge in [0.15, 0.2) is 11.5 Å². The van der Waals surface area contributed by atoms with Gasteiger partial charge in [0.25, 0.3) is 11.8 Å². The minimum Gasteiger partial charge on any atom is -0.490 e. The maximum atomic E-state index is 14.3. The van der Waals surface area contributed by atoms with E-state index < -0.39 is 17.8 Å². The third-order valence-corrected chi connectivity index (χ3v) is 9.89. The second-order valence-corrected chi connectivity index (χ2v) is 13.0. The van der Waals surface area contributed by atoms with Crippen molar-refractivity contribution < 1.29 is 23.9 Å². The second-order valence-electron chi connectivity index (χ2n) is 12.2. The number of hydrogen-bond donors (Lipinski definition) is 1. The Morgan fingerprint density at radius 3 is 2.08 bits per heavy atom. The number of carbonyl (C=O) groups is 3. The molecule has 0 spiro atoms. The first kappa shape index (κ1) is 32.2. The standard InChI is InChI=1S/C40H34BrN3O5/c1-3-19-49-37-34(41)21-25(22-35(37)48-4-2)20-33-38(45)42-40(47)44(39(33)46)28-23-31-29(26-11-7-5-8-12-26)15-17-43-18-16-30(32(24-28)36(31)43)27-13-9-6-10-14-27/h1,5-14,20-24,29-30H,4,15-19H2,2H3,(H,42,45,47)/b33-20+/t29-,30-/m1/s1. The molecule has 246 valence electrons. The van der Waals surface area contributed by atoms with Crippen LogP contribution in [0.25, 0.3) is 6.08 Å². The van der Waals surface area contributed by atoms with E-state index in [1.807, 2.05) is 55.5 Å². The summed E-state index contributed by atoms with van der Waals surface area (Å²) in [5.41, 5.74) is 6.41. The van der Waals surface area contributed by atoms with Crippen molar-refractivity contribution in [3.8, 4) is 23.8 Å². The van der Waals surface area contributed by atoms with E-state index in [1.54, 1.807) is 12.1 Å². The fourth-order valence-corrected chi connectivity index (χ4v) is 7.79. The van der Waals surface area contributed by atoms with Crippen LogP contribution in [-0.4, -0.2) is 44.1 Å². The van der Waals surface area contributed by atoms with Crippen LogP contribution in [0.1, 0.15) is 59.4 Å². The van der Waals surface area contributed by atoms with Gasteiger partial charge in [-0.15, -0.1) is 6.42 Å². The van der Waals surface area contributed by atoms with Gasteiger partial charge in [0.05, 0.1) is 16.8 Å². The van der Waals surface area contributed by atoms with Crippen LogP contribution in [0.2, 0.25) is 0 Å². The van der Waals surface area contributed by atoms with E-state index in [0.717, 1.165) is 42.0 Å². The maximum Gasteiger partial charge on any atom is 0.335 e. The Balaban J connectivity index is 1.35. The summed E-state index contributed by atoms with van der Waals surface area (Å²) in [5, 5.41) is 2.41. The molecule has 0 saturated carbocycles. The topological polar surface area (TPSA) is 88.2 Å². The number of ether oxygens (including phenoxy) is 2. The molecule has 0 aromatic heterocycles. The summed E-state index contributed by atoms with van der Waals surface area (Å²) in [5.74, 6) is 1.91. The number of terminal acetylenes is 1. The van der Waals surface area contributed by atoms with Crippen LogP contribution in [0, 0.1) is 12.3 Å². The molecule has 0 radical (unpaired) electrons. The van der Waals surface area contributed by atoms with Gasteiger partial charge in [0.2, 0.25) is 0 Å². The molecule has 3 aliphatic rings. The Morgan fingerprint density at radius 2 is 1.51 bits per heavy atom. The fourth-order valence-electron chi connectivity index (χ4n) is 7.22. The molecule has 0 unspecified atom stereocenters. The molecular formula is C40H34BrN3O5. The van der Waals surface area contributed by atoms with Gasteiger partial charge >= 0.3 is 6.03 Å². The van der Waals surface area contributed by atoms with Crippen LogP contribution < -0.4 is 24.6 Å². The molecule has 3 aliphatic heterocycles. The maximum absolute atomic E-state index is 14.3. The third-order valence-electron chi connectivity index (χ3n) is 9.30. The molecule has 3 heterocycles. The monoisotopic (exact) mass is 715 g/mol. The Labute approximate surface area is 293 Å². The van der Waals surface area contributed by atoms with Crippen molar-refractivity contribution in [2.45, 2.75) is 31.6 Å². The van der Waals surface area contributed by atoms with Crippen LogP contribution in [0.3, 0.4) is 0 Å². The third kappa shape index (κ3) is 6.09. The van der Waals surface area contributed by atoms with Crippen molar-refractivity contribution in [2.75, 3.05) is 36.1 Å². The SMILES string of the molecule is C#CCOc1c(Br)cc(/C=C2\C(=O)NC(=O)N(c3cc4c5c(c3)[C@@H](c3ccccc3)CCN5CC[C@@H]4c3ccccc3)C2=O)cc1OCC. The minimum atomic E-state index is -0.787. The first-order valence-electron chi connectivity index (χ1n) is 16.3. The van der Waals surface area contributed by atoms with Crippen LogP contribution in [0.15, 0.2) is 95.0 Å². The van der Waals surface area contributed by atoms with Crippen LogP contribution in [0.4, 0.5) is 16.2 Å². The highest BCUT2D eigenvalue weighted by Crippen LogP contribution is 2.50. The molecule has 1 saturated heterocycles. The number of barbiturate groups is 1. The molecule has 4 aromatic rings. The highest BCUT2D eigenvalue weighted by atomic mass is 79.9. The van der Waals surface area contributed by atoms with E-state index in [4.69, 9.17) is 15.9 Å². The van der Waals surface area contributed by atoms with Crippen molar-refractivity contribution in [1.29, 1.82) is 0 Å². The lowest BCUT2D eigenvalue weighted by Gasteiger charge is -2.44. The molecule has 1 fully saturated rings. The summed E-state index contributed by atoms with van der Waals surface area (Å²) in [6.07, 6.45) is 8.65. The summed E-state index contributed by atoms with van der Waals surface area (Å²) in [4.78, 5) is 44.6. The van der Waals surface area contributed by atoms with Gasteiger partial charge in [-0.3, -0.25) is 14.9 Å². The van der Waals surface area contributed by atoms with Gasteiger partial charge in [-0.25, -0.2) is 9.69 Å². The lowest BCUT2D eigenvalue weighted by atomic mass is 9.76. The van der Waals surface area contributed by atoms with E-state index in [2.05, 4.69) is 56.3 Å². The largest absolute Gasteiger partial charge is 0.490 e. The molecule has 8 nitrogen and oxygen atoms in total. The molecule has 9 heteroatoms. The summed E-state index contributed by atoms with van der Waals surface area (Å²) >= 11 is 3.51. The molecule has 0 bridgehead atoms. The number of urea groups is 1. The molecule has 1 N–H and O–H groups in total. The van der Waals surface area contributed by atoms with E-state index in [-0.39, 0.29) is 24.0 Å². The number of imide groups is 2. The number of anilines is 2. The quantitative estimate of drug-likeness (QED) is 0.116. The summed E-state index contributed by atoms with van der Waals surface area (Å²) in [6, 6.07) is 27.2. The highest BCUT2D eigenvalue weighted by molar-refractivity contribution is 9.10. The van der Waals surface area contributed by atoms with Gasteiger partial charge < -0.3 is 14.4 Å². The van der Waals surface area contributed by atoms with Gasteiger partial charge in [0, 0.05) is 30.6 Å². The number of halogens is 1. The number of nitrogens with one attached hydrogen (secondary N) is 1. The van der Waals surface area contributed by atoms with Gasteiger partial charge in [0.1, 0.15) is 12.2 Å². The Bertz CT molecular complexity index is 1950. The van der Waals surface area contributed by atoms with Crippen molar-refractivity contribution in [1.82, 2.24) is 5.32 Å². The van der Waals surface area contributed by atoms with Crippen molar-refractivity contribution in [3.05, 3.63) is 123 Å². The van der Waals surface area contributed by atoms with Gasteiger partial charge in [-0.2, -0.15) is 0 Å². The molecular weight excluding hydrogens is 682 g/mol. The Kier molecular flexibility index (Phi) is 8.98. The fraction of sp³-hybridized carbons (Fsp3) is 0.225. The summed E-state index contributed by atoms with van der Waals surface area (Å²) < 4.78 is 12.0. The van der Waals surface area contributed by atoms with Crippen LogP contribution >= 0.6 is 15.9 Å². The normalized spacial score (nSPS) is 19.3. The first-order chi connectivity index (χ1) is 23.9. The van der Waals surface area contributed by atoms with Crippen molar-refractivity contribution in [2.24, 2.45) is 0 Å². The number of nitrogens with zero attached hydrogens (tertiary/aromatic N) is 2. The minimum absolute atomic E-state index is 0.0356. The average Bonchev–Trinajstić information content (AvgIpc) is 3.11. The van der Waals surface area contributed by atoms with E-state index in [9.17, 15) is 14.4 Å². The second kappa shape index (κ2) is 13.7. The smallest absolute Gasteiger partial charge is 0.335 e. The number of benzene rings is 4.